The molecule has 1 spiro atoms. The molecule has 2 aliphatic rings. The molecule has 1 aromatic rings. The fourth-order valence-electron chi connectivity index (χ4n) is 3.75. The topological polar surface area (TPSA) is 79.0 Å². The molecular weight excluding hydrogens is 378 g/mol. The molecule has 8 heteroatoms. The highest BCUT2D eigenvalue weighted by Crippen LogP contribution is 2.39. The molecule has 158 valence electrons. The van der Waals surface area contributed by atoms with Gasteiger partial charge < -0.3 is 15.0 Å². The Balaban J connectivity index is 0.00000136. The zero-order valence-corrected chi connectivity index (χ0v) is 18.4. The molecule has 1 N–H and O–H groups in total. The van der Waals surface area contributed by atoms with Gasteiger partial charge in [0.05, 0.1) is 11.0 Å². The van der Waals surface area contributed by atoms with Crippen LogP contribution in [0.15, 0.2) is 29.2 Å². The number of carbonyl (C=O) groups is 1. The van der Waals surface area contributed by atoms with E-state index in [9.17, 15) is 13.2 Å². The van der Waals surface area contributed by atoms with E-state index in [4.69, 9.17) is 4.74 Å². The number of piperidine rings is 1. The lowest BCUT2D eigenvalue weighted by Gasteiger charge is -2.39. The van der Waals surface area contributed by atoms with E-state index in [1.165, 1.54) is 23.4 Å². The first-order valence-corrected chi connectivity index (χ1v) is 11.4. The first kappa shape index (κ1) is 23.0. The monoisotopic (exact) mass is 411 g/mol. The van der Waals surface area contributed by atoms with E-state index < -0.39 is 15.7 Å². The second-order valence-electron chi connectivity index (χ2n) is 7.31. The van der Waals surface area contributed by atoms with Crippen LogP contribution in [0.3, 0.4) is 0 Å². The van der Waals surface area contributed by atoms with Gasteiger partial charge in [-0.15, -0.1) is 0 Å². The van der Waals surface area contributed by atoms with Crippen molar-refractivity contribution in [2.24, 2.45) is 0 Å². The van der Waals surface area contributed by atoms with Crippen LogP contribution in [-0.4, -0.2) is 75.5 Å². The third-order valence-electron chi connectivity index (χ3n) is 5.01. The Bertz CT molecular complexity index is 756. The molecule has 0 bridgehead atoms. The Morgan fingerprint density at radius 3 is 2.29 bits per heavy atom. The maximum absolute atomic E-state index is 13.3. The molecule has 28 heavy (non-hydrogen) atoms. The summed E-state index contributed by atoms with van der Waals surface area (Å²) in [6.07, 6.45) is 1.10. The number of sulfonamides is 1. The molecule has 7 nitrogen and oxygen atoms in total. The lowest BCUT2D eigenvalue weighted by atomic mass is 10.0. The van der Waals surface area contributed by atoms with Gasteiger partial charge in [0.1, 0.15) is 5.72 Å². The summed E-state index contributed by atoms with van der Waals surface area (Å²) in [7, 11) is 0.202. The van der Waals surface area contributed by atoms with Crippen molar-refractivity contribution in [3.63, 3.8) is 0 Å². The number of benzene rings is 1. The molecule has 1 atom stereocenters. The predicted octanol–water partition coefficient (Wildman–Crippen LogP) is 1.95. The molecule has 3 rings (SSSR count). The van der Waals surface area contributed by atoms with Gasteiger partial charge in [-0.2, -0.15) is 4.31 Å². The standard InChI is InChI=1S/C18H27N3O4S.C2H6/c1-14(22)15-4-6-17(7-5-15)26(23,24)21-13-16(12-20(2)3)25-18(21)8-10-19-11-9-18;1-2/h4-7,16,19H,8-13H2,1-3H3;1-2H3. The molecule has 2 heterocycles. The zero-order valence-electron chi connectivity index (χ0n) is 17.6. The Morgan fingerprint density at radius 2 is 1.79 bits per heavy atom. The molecule has 2 saturated heterocycles. The highest BCUT2D eigenvalue weighted by Gasteiger charge is 2.52. The van der Waals surface area contributed by atoms with Gasteiger partial charge in [-0.3, -0.25) is 4.79 Å². The summed E-state index contributed by atoms with van der Waals surface area (Å²) in [6, 6.07) is 6.16. The van der Waals surface area contributed by atoms with Gasteiger partial charge in [0, 0.05) is 31.5 Å². The number of ether oxygens (including phenoxy) is 1. The third-order valence-corrected chi connectivity index (χ3v) is 6.94. The number of ketones is 1. The van der Waals surface area contributed by atoms with E-state index in [0.29, 0.717) is 31.5 Å². The quantitative estimate of drug-likeness (QED) is 0.746. The number of rotatable bonds is 5. The van der Waals surface area contributed by atoms with Crippen LogP contribution in [0, 0.1) is 0 Å². The zero-order chi connectivity index (χ0) is 20.9. The number of likely N-dealkylation sites (N-methyl/N-ethyl adjacent to an activating group) is 1. The Kier molecular flexibility index (Phi) is 7.75. The Labute approximate surface area is 169 Å². The van der Waals surface area contributed by atoms with Gasteiger partial charge in [0.25, 0.3) is 0 Å². The average molecular weight is 412 g/mol. The van der Waals surface area contributed by atoms with Gasteiger partial charge in [-0.1, -0.05) is 26.0 Å². The predicted molar refractivity (Wildman–Crippen MR) is 110 cm³/mol. The summed E-state index contributed by atoms with van der Waals surface area (Å²) in [5.41, 5.74) is -0.284. The molecule has 0 aromatic heterocycles. The van der Waals surface area contributed by atoms with Crippen molar-refractivity contribution in [2.75, 3.05) is 40.3 Å². The number of hydrogen-bond acceptors (Lipinski definition) is 6. The second-order valence-corrected chi connectivity index (χ2v) is 9.18. The number of nitrogens with zero attached hydrogens (tertiary/aromatic N) is 2. The van der Waals surface area contributed by atoms with Crippen molar-refractivity contribution in [1.82, 2.24) is 14.5 Å². The first-order chi connectivity index (χ1) is 13.2. The molecule has 0 radical (unpaired) electrons. The minimum Gasteiger partial charge on any atom is -0.353 e. The molecule has 2 fully saturated rings. The lowest BCUT2D eigenvalue weighted by Crippen LogP contribution is -2.53. The minimum atomic E-state index is -3.71. The number of hydrogen-bond donors (Lipinski definition) is 1. The summed E-state index contributed by atoms with van der Waals surface area (Å²) in [6.45, 7) is 7.93. The third kappa shape index (κ3) is 4.80. The van der Waals surface area contributed by atoms with Gasteiger partial charge >= 0.3 is 0 Å². The van der Waals surface area contributed by atoms with Crippen LogP contribution < -0.4 is 5.32 Å². The maximum Gasteiger partial charge on any atom is 0.245 e. The summed E-state index contributed by atoms with van der Waals surface area (Å²) < 4.78 is 34.5. The van der Waals surface area contributed by atoms with Crippen molar-refractivity contribution in [1.29, 1.82) is 0 Å². The van der Waals surface area contributed by atoms with Crippen molar-refractivity contribution in [2.45, 2.75) is 50.3 Å². The lowest BCUT2D eigenvalue weighted by molar-refractivity contribution is -0.100. The molecule has 2 aliphatic heterocycles. The fourth-order valence-corrected chi connectivity index (χ4v) is 5.51. The van der Waals surface area contributed by atoms with Crippen molar-refractivity contribution in [3.05, 3.63) is 29.8 Å². The number of carbonyl (C=O) groups excluding carboxylic acids is 1. The van der Waals surface area contributed by atoms with E-state index in [-0.39, 0.29) is 16.8 Å². The van der Waals surface area contributed by atoms with E-state index in [0.717, 1.165) is 13.1 Å². The SMILES string of the molecule is CC.CC(=O)c1ccc(S(=O)(=O)N2CC(CN(C)C)OC23CCNCC3)cc1. The summed E-state index contributed by atoms with van der Waals surface area (Å²) >= 11 is 0. The van der Waals surface area contributed by atoms with Crippen LogP contribution in [0.1, 0.15) is 44.0 Å². The molecule has 1 aromatic carbocycles. The fraction of sp³-hybridized carbons (Fsp3) is 0.650. The summed E-state index contributed by atoms with van der Waals surface area (Å²) in [5.74, 6) is -0.0840. The van der Waals surface area contributed by atoms with Crippen LogP contribution >= 0.6 is 0 Å². The number of Topliss-reactive ketones (excluding diaryl/α,β-unsaturated/α-hetero) is 1. The number of nitrogens with one attached hydrogen (secondary N) is 1. The maximum atomic E-state index is 13.3. The van der Waals surface area contributed by atoms with Crippen molar-refractivity contribution in [3.8, 4) is 0 Å². The van der Waals surface area contributed by atoms with Gasteiger partial charge in [0.2, 0.25) is 10.0 Å². The van der Waals surface area contributed by atoms with E-state index in [2.05, 4.69) is 5.32 Å². The molecular formula is C20H33N3O4S. The minimum absolute atomic E-state index is 0.0840. The van der Waals surface area contributed by atoms with E-state index in [1.54, 1.807) is 12.1 Å². The Hall–Kier alpha value is -1.32. The highest BCUT2D eigenvalue weighted by atomic mass is 32.2. The second kappa shape index (κ2) is 9.45. The molecule has 0 saturated carbocycles. The smallest absolute Gasteiger partial charge is 0.245 e. The van der Waals surface area contributed by atoms with Crippen molar-refractivity contribution >= 4 is 15.8 Å². The van der Waals surface area contributed by atoms with Gasteiger partial charge in [0.15, 0.2) is 5.78 Å². The molecule has 1 unspecified atom stereocenters. The normalized spacial score (nSPS) is 22.1. The van der Waals surface area contributed by atoms with Crippen LogP contribution in [0.25, 0.3) is 0 Å². The van der Waals surface area contributed by atoms with Gasteiger partial charge in [-0.25, -0.2) is 8.42 Å². The van der Waals surface area contributed by atoms with Crippen LogP contribution in [-0.2, 0) is 14.8 Å². The highest BCUT2D eigenvalue weighted by molar-refractivity contribution is 7.89. The van der Waals surface area contributed by atoms with Crippen LogP contribution in [0.4, 0.5) is 0 Å². The molecule has 0 amide bonds. The average Bonchev–Trinajstić information content (AvgIpc) is 3.01. The first-order valence-electron chi connectivity index (χ1n) is 9.92. The van der Waals surface area contributed by atoms with Crippen LogP contribution in [0.5, 0.6) is 0 Å². The van der Waals surface area contributed by atoms with Crippen molar-refractivity contribution < 1.29 is 17.9 Å². The Morgan fingerprint density at radius 1 is 1.21 bits per heavy atom. The van der Waals surface area contributed by atoms with Crippen LogP contribution in [0.2, 0.25) is 0 Å². The van der Waals surface area contributed by atoms with E-state index in [1.807, 2.05) is 32.8 Å². The largest absolute Gasteiger partial charge is 0.353 e. The summed E-state index contributed by atoms with van der Waals surface area (Å²) in [4.78, 5) is 13.7. The summed E-state index contributed by atoms with van der Waals surface area (Å²) in [5, 5.41) is 3.27. The van der Waals surface area contributed by atoms with E-state index >= 15 is 0 Å². The molecule has 0 aliphatic carbocycles. The van der Waals surface area contributed by atoms with Gasteiger partial charge in [-0.05, 0) is 46.2 Å².